The van der Waals surface area contributed by atoms with Gasteiger partial charge < -0.3 is 15.2 Å². The Labute approximate surface area is 134 Å². The van der Waals surface area contributed by atoms with E-state index in [0.29, 0.717) is 12.6 Å². The number of hydrogen-bond acceptors (Lipinski definition) is 3. The van der Waals surface area contributed by atoms with Crippen molar-refractivity contribution in [2.24, 2.45) is 0 Å². The van der Waals surface area contributed by atoms with Gasteiger partial charge in [-0.25, -0.2) is 0 Å². The van der Waals surface area contributed by atoms with Crippen LogP contribution in [0.5, 0.6) is 0 Å². The Morgan fingerprint density at radius 3 is 3.18 bits per heavy atom. The van der Waals surface area contributed by atoms with Crippen molar-refractivity contribution in [1.29, 1.82) is 0 Å². The molecule has 2 heterocycles. The van der Waals surface area contributed by atoms with E-state index in [9.17, 15) is 4.79 Å². The monoisotopic (exact) mass is 315 g/mol. The number of hydrogen-bond donors (Lipinski definition) is 2. The number of rotatable bonds is 3. The van der Waals surface area contributed by atoms with Crippen LogP contribution in [0.15, 0.2) is 24.3 Å². The van der Waals surface area contributed by atoms with E-state index in [1.54, 1.807) is 0 Å². The molecule has 0 saturated carbocycles. The molecular formula is C17H21N3OS. The van der Waals surface area contributed by atoms with E-state index < -0.39 is 0 Å². The zero-order valence-electron chi connectivity index (χ0n) is 12.6. The van der Waals surface area contributed by atoms with Crippen LogP contribution in [0.1, 0.15) is 17.7 Å². The number of aromatic nitrogens is 1. The third-order valence-corrected chi connectivity index (χ3v) is 5.71. The van der Waals surface area contributed by atoms with Crippen LogP contribution >= 0.6 is 11.8 Å². The molecule has 4 rings (SSSR count). The summed E-state index contributed by atoms with van der Waals surface area (Å²) in [4.78, 5) is 17.6. The van der Waals surface area contributed by atoms with Gasteiger partial charge in [0, 0.05) is 34.9 Å². The molecule has 2 aromatic rings. The summed E-state index contributed by atoms with van der Waals surface area (Å²) < 4.78 is 0. The summed E-state index contributed by atoms with van der Waals surface area (Å²) in [6.07, 6.45) is 3.18. The molecule has 0 spiro atoms. The summed E-state index contributed by atoms with van der Waals surface area (Å²) >= 11 is 1.84. The molecule has 1 fully saturated rings. The van der Waals surface area contributed by atoms with Crippen molar-refractivity contribution in [3.05, 3.63) is 35.5 Å². The van der Waals surface area contributed by atoms with E-state index >= 15 is 0 Å². The number of aryl methyl sites for hydroxylation is 1. The van der Waals surface area contributed by atoms with Crippen LogP contribution < -0.4 is 5.32 Å². The lowest BCUT2D eigenvalue weighted by molar-refractivity contribution is -0.128. The van der Waals surface area contributed by atoms with Crippen molar-refractivity contribution in [1.82, 2.24) is 15.2 Å². The molecule has 1 saturated heterocycles. The fourth-order valence-corrected chi connectivity index (χ4v) is 4.47. The molecule has 116 valence electrons. The molecular weight excluding hydrogens is 294 g/mol. The largest absolute Gasteiger partial charge is 0.358 e. The average Bonchev–Trinajstić information content (AvgIpc) is 3.20. The standard InChI is InChI=1S/C17H21N3OS/c21-17(20-7-8-22-11-20)10-18-12-5-6-16-14(9-12)13-3-1-2-4-15(13)19-16/h1-4,12,18-19H,5-11H2/t12-/m1/s1. The molecule has 1 aromatic heterocycles. The van der Waals surface area contributed by atoms with Crippen LogP contribution in [0.25, 0.3) is 10.9 Å². The number of carbonyl (C=O) groups is 1. The predicted molar refractivity (Wildman–Crippen MR) is 91.2 cm³/mol. The number of carbonyl (C=O) groups excluding carboxylic acids is 1. The zero-order chi connectivity index (χ0) is 14.9. The molecule has 5 heteroatoms. The Morgan fingerprint density at radius 2 is 2.32 bits per heavy atom. The smallest absolute Gasteiger partial charge is 0.237 e. The molecule has 4 nitrogen and oxygen atoms in total. The average molecular weight is 315 g/mol. The van der Waals surface area contributed by atoms with E-state index in [4.69, 9.17) is 0 Å². The summed E-state index contributed by atoms with van der Waals surface area (Å²) in [6.45, 7) is 1.38. The molecule has 1 atom stereocenters. The molecule has 0 unspecified atom stereocenters. The third-order valence-electron chi connectivity index (χ3n) is 4.74. The molecule has 1 amide bonds. The molecule has 2 N–H and O–H groups in total. The van der Waals surface area contributed by atoms with E-state index in [1.165, 1.54) is 22.2 Å². The highest BCUT2D eigenvalue weighted by molar-refractivity contribution is 7.99. The lowest BCUT2D eigenvalue weighted by Gasteiger charge is -2.24. The SMILES string of the molecule is O=C(CN[C@@H]1CCc2[nH]c3ccccc3c2C1)N1CCSC1. The Morgan fingerprint density at radius 1 is 1.41 bits per heavy atom. The first kappa shape index (κ1) is 14.2. The van der Waals surface area contributed by atoms with Crippen LogP contribution in [0.2, 0.25) is 0 Å². The van der Waals surface area contributed by atoms with Crippen molar-refractivity contribution in [3.8, 4) is 0 Å². The molecule has 2 aliphatic rings. The minimum Gasteiger partial charge on any atom is -0.358 e. The quantitative estimate of drug-likeness (QED) is 0.912. The molecule has 1 aromatic carbocycles. The number of nitrogens with zero attached hydrogens (tertiary/aromatic N) is 1. The van der Waals surface area contributed by atoms with Gasteiger partial charge in [0.25, 0.3) is 0 Å². The lowest BCUT2D eigenvalue weighted by Crippen LogP contribution is -2.42. The first-order chi connectivity index (χ1) is 10.8. The summed E-state index contributed by atoms with van der Waals surface area (Å²) in [5, 5.41) is 4.82. The number of para-hydroxylation sites is 1. The maximum atomic E-state index is 12.1. The second-order valence-electron chi connectivity index (χ2n) is 6.14. The van der Waals surface area contributed by atoms with Gasteiger partial charge in [-0.3, -0.25) is 4.79 Å². The third kappa shape index (κ3) is 2.63. The first-order valence-electron chi connectivity index (χ1n) is 7.98. The number of fused-ring (bicyclic) bond motifs is 3. The Balaban J connectivity index is 1.42. The highest BCUT2D eigenvalue weighted by Gasteiger charge is 2.24. The second-order valence-corrected chi connectivity index (χ2v) is 7.22. The first-order valence-corrected chi connectivity index (χ1v) is 9.14. The molecule has 0 radical (unpaired) electrons. The zero-order valence-corrected chi connectivity index (χ0v) is 13.4. The van der Waals surface area contributed by atoms with Crippen molar-refractivity contribution in [2.75, 3.05) is 24.7 Å². The summed E-state index contributed by atoms with van der Waals surface area (Å²) in [5.74, 6) is 2.18. The van der Waals surface area contributed by atoms with Gasteiger partial charge in [0.05, 0.1) is 12.4 Å². The number of H-pyrrole nitrogens is 1. The Bertz CT molecular complexity index is 690. The number of aromatic amines is 1. The molecule has 22 heavy (non-hydrogen) atoms. The summed E-state index contributed by atoms with van der Waals surface area (Å²) in [6, 6.07) is 8.92. The normalized spacial score (nSPS) is 21.3. The lowest BCUT2D eigenvalue weighted by atomic mass is 9.91. The van der Waals surface area contributed by atoms with Crippen LogP contribution in [-0.4, -0.2) is 46.6 Å². The number of amides is 1. The number of thioether (sulfide) groups is 1. The molecule has 0 bridgehead atoms. The minimum absolute atomic E-state index is 0.245. The van der Waals surface area contributed by atoms with Crippen molar-refractivity contribution < 1.29 is 4.79 Å². The van der Waals surface area contributed by atoms with E-state index in [2.05, 4.69) is 34.6 Å². The van der Waals surface area contributed by atoms with Crippen molar-refractivity contribution >= 4 is 28.6 Å². The maximum Gasteiger partial charge on any atom is 0.237 e. The predicted octanol–water partition coefficient (Wildman–Crippen LogP) is 2.15. The summed E-state index contributed by atoms with van der Waals surface area (Å²) in [7, 11) is 0. The van der Waals surface area contributed by atoms with Gasteiger partial charge in [-0.1, -0.05) is 18.2 Å². The second kappa shape index (κ2) is 5.97. The highest BCUT2D eigenvalue weighted by Crippen LogP contribution is 2.29. The minimum atomic E-state index is 0.245. The van der Waals surface area contributed by atoms with Gasteiger partial charge in [-0.15, -0.1) is 11.8 Å². The van der Waals surface area contributed by atoms with Gasteiger partial charge in [0.1, 0.15) is 0 Å². The molecule has 1 aliphatic heterocycles. The Hall–Kier alpha value is -1.46. The number of nitrogens with one attached hydrogen (secondary N) is 2. The number of benzene rings is 1. The fraction of sp³-hybridized carbons (Fsp3) is 0.471. The molecule has 1 aliphatic carbocycles. The van der Waals surface area contributed by atoms with E-state index in [1.807, 2.05) is 16.7 Å². The van der Waals surface area contributed by atoms with Crippen LogP contribution in [-0.2, 0) is 17.6 Å². The fourth-order valence-electron chi connectivity index (χ4n) is 3.50. The van der Waals surface area contributed by atoms with Gasteiger partial charge >= 0.3 is 0 Å². The summed E-state index contributed by atoms with van der Waals surface area (Å²) in [5.41, 5.74) is 4.04. The van der Waals surface area contributed by atoms with Gasteiger partial charge in [-0.2, -0.15) is 0 Å². The van der Waals surface area contributed by atoms with Gasteiger partial charge in [-0.05, 0) is 30.9 Å². The van der Waals surface area contributed by atoms with E-state index in [-0.39, 0.29) is 5.91 Å². The van der Waals surface area contributed by atoms with Crippen LogP contribution in [0, 0.1) is 0 Å². The van der Waals surface area contributed by atoms with Crippen molar-refractivity contribution in [2.45, 2.75) is 25.3 Å². The van der Waals surface area contributed by atoms with Crippen LogP contribution in [0.3, 0.4) is 0 Å². The van der Waals surface area contributed by atoms with E-state index in [0.717, 1.165) is 37.4 Å². The van der Waals surface area contributed by atoms with Crippen LogP contribution in [0.4, 0.5) is 0 Å². The Kier molecular flexibility index (Phi) is 3.84. The van der Waals surface area contributed by atoms with Gasteiger partial charge in [0.15, 0.2) is 0 Å². The highest BCUT2D eigenvalue weighted by atomic mass is 32.2. The maximum absolute atomic E-state index is 12.1. The topological polar surface area (TPSA) is 48.1 Å². The van der Waals surface area contributed by atoms with Gasteiger partial charge in [0.2, 0.25) is 5.91 Å². The van der Waals surface area contributed by atoms with Crippen molar-refractivity contribution in [3.63, 3.8) is 0 Å².